The summed E-state index contributed by atoms with van der Waals surface area (Å²) < 4.78 is 1.31. The molecule has 0 N–H and O–H groups in total. The van der Waals surface area contributed by atoms with Gasteiger partial charge >= 0.3 is 0 Å². The van der Waals surface area contributed by atoms with Crippen LogP contribution in [0.5, 0.6) is 0 Å². The lowest BCUT2D eigenvalue weighted by Gasteiger charge is -1.78. The molecule has 0 amide bonds. The summed E-state index contributed by atoms with van der Waals surface area (Å²) in [5.41, 5.74) is 0. The van der Waals surface area contributed by atoms with Crippen molar-refractivity contribution >= 4 is 22.6 Å². The van der Waals surface area contributed by atoms with Crippen LogP contribution in [0.25, 0.3) is 0 Å². The molecule has 0 aliphatic rings. The Morgan fingerprint density at radius 2 is 2.57 bits per heavy atom. The van der Waals surface area contributed by atoms with Crippen molar-refractivity contribution in [2.75, 3.05) is 0 Å². The van der Waals surface area contributed by atoms with Gasteiger partial charge in [0.25, 0.3) is 0 Å². The van der Waals surface area contributed by atoms with Crippen molar-refractivity contribution in [3.8, 4) is 0 Å². The third-order valence-corrected chi connectivity index (χ3v) is 1.15. The van der Waals surface area contributed by atoms with Crippen LogP contribution in [0.1, 0.15) is 0 Å². The molecule has 1 heterocycles. The minimum absolute atomic E-state index is 1.09. The van der Waals surface area contributed by atoms with Crippen LogP contribution >= 0.6 is 22.6 Å². The van der Waals surface area contributed by atoms with E-state index in [0.717, 1.165) is 11.0 Å². The van der Waals surface area contributed by atoms with Crippen LogP contribution < -0.4 is 0 Å². The Morgan fingerprint density at radius 3 is 2.86 bits per heavy atom. The van der Waals surface area contributed by atoms with Crippen molar-refractivity contribution in [1.29, 1.82) is 0 Å². The van der Waals surface area contributed by atoms with Crippen molar-refractivity contribution in [3.63, 3.8) is 0 Å². The minimum Gasteiger partial charge on any atom is -0.151 e. The normalized spacial score (nSPS) is 9.29. The molecule has 0 unspecified atom stereocenters. The highest BCUT2D eigenvalue weighted by atomic mass is 33.1. The fourth-order valence-corrected chi connectivity index (χ4v) is 0.515. The predicted octanol–water partition coefficient (Wildman–Crippen LogP) is -0.186. The lowest BCUT2D eigenvalue weighted by Crippen LogP contribution is -1.81. The first kappa shape index (κ1) is 4.92. The predicted molar refractivity (Wildman–Crippen MR) is 28.6 cm³/mol. The van der Waals surface area contributed by atoms with Gasteiger partial charge in [-0.15, -0.1) is 5.10 Å². The van der Waals surface area contributed by atoms with E-state index in [9.17, 15) is 0 Å². The third-order valence-electron chi connectivity index (χ3n) is 0.374. The molecule has 0 spiro atoms. The van der Waals surface area contributed by atoms with Crippen LogP contribution in [0.4, 0.5) is 0 Å². The van der Waals surface area contributed by atoms with E-state index >= 15 is 0 Å². The first-order valence-electron chi connectivity index (χ1n) is 1.41. The van der Waals surface area contributed by atoms with Gasteiger partial charge in [0.1, 0.15) is 0 Å². The molecule has 1 aromatic heterocycles. The molecule has 4 nitrogen and oxygen atoms in total. The fraction of sp³-hybridized carbons (Fsp3) is 0. The average Bonchev–Trinajstić information content (AvgIpc) is 2.14. The third kappa shape index (κ3) is 1.07. The lowest BCUT2D eigenvalue weighted by molar-refractivity contribution is 0.856. The van der Waals surface area contributed by atoms with Crippen molar-refractivity contribution in [2.45, 2.75) is 0 Å². The van der Waals surface area contributed by atoms with Gasteiger partial charge in [-0.25, -0.2) is 0 Å². The van der Waals surface area contributed by atoms with Gasteiger partial charge in [0.2, 0.25) is 6.33 Å². The summed E-state index contributed by atoms with van der Waals surface area (Å²) in [6, 6.07) is 0. The second-order valence-corrected chi connectivity index (χ2v) is 1.73. The van der Waals surface area contributed by atoms with Gasteiger partial charge in [-0.1, -0.05) is 11.7 Å². The molecular formula is CHN4S2. The Kier molecular flexibility index (Phi) is 1.53. The highest BCUT2D eigenvalue weighted by molar-refractivity contribution is 8.67. The average molecular weight is 133 g/mol. The van der Waals surface area contributed by atoms with Crippen molar-refractivity contribution in [2.24, 2.45) is 0 Å². The summed E-state index contributed by atoms with van der Waals surface area (Å²) in [6.07, 6.45) is 2.42. The van der Waals surface area contributed by atoms with Crippen LogP contribution in [-0.4, -0.2) is 19.6 Å². The molecular weight excluding hydrogens is 132 g/mol. The molecule has 0 aliphatic carbocycles. The van der Waals surface area contributed by atoms with Gasteiger partial charge < -0.3 is 0 Å². The van der Waals surface area contributed by atoms with Gasteiger partial charge in [0.15, 0.2) is 0 Å². The molecule has 0 aliphatic heterocycles. The molecule has 1 rings (SSSR count). The topological polar surface area (TPSA) is 43.6 Å². The number of tetrazole rings is 1. The van der Waals surface area contributed by atoms with E-state index in [1.807, 2.05) is 0 Å². The van der Waals surface area contributed by atoms with Crippen LogP contribution in [0, 0.1) is 6.33 Å². The molecule has 37 valence electrons. The van der Waals surface area contributed by atoms with Crippen LogP contribution in [0.15, 0.2) is 0 Å². The second kappa shape index (κ2) is 2.17. The number of nitrogens with zero attached hydrogens (tertiary/aromatic N) is 4. The maximum Gasteiger partial charge on any atom is 0.234 e. The van der Waals surface area contributed by atoms with Gasteiger partial charge in [-0.3, -0.25) is 0 Å². The van der Waals surface area contributed by atoms with Gasteiger partial charge in [-0.2, -0.15) is 4.09 Å². The van der Waals surface area contributed by atoms with E-state index in [-0.39, 0.29) is 0 Å². The van der Waals surface area contributed by atoms with E-state index < -0.39 is 0 Å². The highest BCUT2D eigenvalue weighted by Gasteiger charge is 1.84. The number of thiol groups is 1. The Morgan fingerprint density at radius 1 is 1.71 bits per heavy atom. The van der Waals surface area contributed by atoms with Crippen molar-refractivity contribution in [1.82, 2.24) is 19.6 Å². The van der Waals surface area contributed by atoms with E-state index in [1.165, 1.54) is 4.09 Å². The minimum atomic E-state index is 1.09. The smallest absolute Gasteiger partial charge is 0.151 e. The number of aromatic nitrogens is 4. The Hall–Kier alpha value is -0.230. The summed E-state index contributed by atoms with van der Waals surface area (Å²) in [4.78, 5) is 0. The first-order chi connectivity index (χ1) is 3.43. The largest absolute Gasteiger partial charge is 0.234 e. The lowest BCUT2D eigenvalue weighted by atomic mass is 11.4. The Bertz CT molecular complexity index is 124. The maximum atomic E-state index is 3.78. The van der Waals surface area contributed by atoms with E-state index in [2.05, 4.69) is 33.5 Å². The van der Waals surface area contributed by atoms with Gasteiger partial charge in [-0.05, 0) is 10.4 Å². The molecule has 0 atom stereocenters. The molecule has 0 fully saturated rings. The monoisotopic (exact) mass is 133 g/mol. The molecule has 0 aromatic carbocycles. The first-order valence-corrected chi connectivity index (χ1v) is 3.24. The zero-order valence-electron chi connectivity index (χ0n) is 3.14. The summed E-state index contributed by atoms with van der Waals surface area (Å²) in [6.45, 7) is 0. The molecule has 0 bridgehead atoms. The summed E-state index contributed by atoms with van der Waals surface area (Å²) in [5.74, 6) is 0. The van der Waals surface area contributed by atoms with Crippen molar-refractivity contribution in [3.05, 3.63) is 6.33 Å². The number of hydrogen-bond acceptors (Lipinski definition) is 5. The summed E-state index contributed by atoms with van der Waals surface area (Å²) >= 11 is 3.78. The van der Waals surface area contributed by atoms with E-state index in [4.69, 9.17) is 0 Å². The number of hydrogen-bond donors (Lipinski definition) is 1. The van der Waals surface area contributed by atoms with Gasteiger partial charge in [0, 0.05) is 11.0 Å². The molecule has 1 radical (unpaired) electrons. The standard InChI is InChI=1S/CHN4S2/c6-7-5-1-2-3-4-5/h6H. The molecule has 1 aromatic rings. The molecule has 6 heteroatoms. The zero-order valence-corrected chi connectivity index (χ0v) is 4.86. The highest BCUT2D eigenvalue weighted by Crippen LogP contribution is 2.02. The van der Waals surface area contributed by atoms with E-state index in [1.54, 1.807) is 0 Å². The van der Waals surface area contributed by atoms with Crippen LogP contribution in [0.3, 0.4) is 0 Å². The Labute approximate surface area is 49.2 Å². The fourth-order valence-electron chi connectivity index (χ4n) is 0.169. The molecule has 7 heavy (non-hydrogen) atoms. The summed E-state index contributed by atoms with van der Waals surface area (Å²) in [5, 5.41) is 9.95. The van der Waals surface area contributed by atoms with Crippen LogP contribution in [0.2, 0.25) is 0 Å². The second-order valence-electron chi connectivity index (χ2n) is 0.733. The number of rotatable bonds is 1. The van der Waals surface area contributed by atoms with Crippen LogP contribution in [-0.2, 0) is 0 Å². The Balaban J connectivity index is 2.76. The van der Waals surface area contributed by atoms with Crippen molar-refractivity contribution < 1.29 is 0 Å². The molecule has 0 saturated heterocycles. The van der Waals surface area contributed by atoms with E-state index in [0.29, 0.717) is 0 Å². The van der Waals surface area contributed by atoms with Gasteiger partial charge in [0.05, 0.1) is 0 Å². The summed E-state index contributed by atoms with van der Waals surface area (Å²) in [7, 11) is 1.09. The molecule has 0 saturated carbocycles. The SMILES string of the molecule is SSn1[c]nnn1. The zero-order chi connectivity index (χ0) is 5.11. The quantitative estimate of drug-likeness (QED) is 0.426. The maximum absolute atomic E-state index is 3.78.